The van der Waals surface area contributed by atoms with E-state index < -0.39 is 23.8 Å². The molecule has 9 nitrogen and oxygen atoms in total. The Kier molecular flexibility index (Phi) is 7.51. The van der Waals surface area contributed by atoms with Crippen LogP contribution >= 0.6 is 0 Å². The summed E-state index contributed by atoms with van der Waals surface area (Å²) in [4.78, 5) is 49.8. The number of ether oxygens (including phenoxy) is 1. The molecule has 1 heterocycles. The number of nitrogens with two attached hydrogens (primary N) is 1. The van der Waals surface area contributed by atoms with Crippen molar-refractivity contribution < 1.29 is 23.9 Å². The lowest BCUT2D eigenvalue weighted by molar-refractivity contribution is -0.149. The minimum absolute atomic E-state index is 0.108. The number of nitrogens with one attached hydrogen (secondary N) is 2. The van der Waals surface area contributed by atoms with E-state index >= 15 is 0 Å². The number of carbonyl (C=O) groups excluding carboxylic acids is 4. The molecule has 9 heteroatoms. The lowest BCUT2D eigenvalue weighted by atomic mass is 10.1. The number of esters is 1. The van der Waals surface area contributed by atoms with Crippen LogP contribution in [0.3, 0.4) is 0 Å². The van der Waals surface area contributed by atoms with Crippen molar-refractivity contribution in [2.75, 3.05) is 31.6 Å². The van der Waals surface area contributed by atoms with Gasteiger partial charge in [0.2, 0.25) is 11.8 Å². The van der Waals surface area contributed by atoms with Crippen LogP contribution in [0.5, 0.6) is 0 Å². The number of nitrogens with zero attached hydrogens (tertiary/aromatic N) is 1. The lowest BCUT2D eigenvalue weighted by Gasteiger charge is -2.33. The highest BCUT2D eigenvalue weighted by molar-refractivity contribution is 6.03. The van der Waals surface area contributed by atoms with Crippen LogP contribution in [-0.2, 0) is 19.1 Å². The predicted octanol–water partition coefficient (Wildman–Crippen LogP) is 0.114. The van der Waals surface area contributed by atoms with Gasteiger partial charge in [-0.15, -0.1) is 0 Å². The van der Waals surface area contributed by atoms with Crippen LogP contribution in [0.4, 0.5) is 5.69 Å². The standard InChI is InChI=1S/C19H26N4O5/c1-12(2)11-28-17(25)9-15-19(27)21-7-8-23(15)10-16(24)22-14-6-4-3-5-13(14)18(20)26/h3-6,12,15H,7-11H2,1-2H3,(H2,20,26)(H,21,27)(H,22,24). The summed E-state index contributed by atoms with van der Waals surface area (Å²) in [5.41, 5.74) is 5.81. The highest BCUT2D eigenvalue weighted by atomic mass is 16.5. The summed E-state index contributed by atoms with van der Waals surface area (Å²) < 4.78 is 5.15. The summed E-state index contributed by atoms with van der Waals surface area (Å²) in [7, 11) is 0. The maximum absolute atomic E-state index is 12.5. The summed E-state index contributed by atoms with van der Waals surface area (Å²) in [5, 5.41) is 5.34. The van der Waals surface area contributed by atoms with E-state index in [1.165, 1.54) is 6.07 Å². The monoisotopic (exact) mass is 390 g/mol. The van der Waals surface area contributed by atoms with E-state index in [4.69, 9.17) is 10.5 Å². The first-order valence-electron chi connectivity index (χ1n) is 9.14. The number of piperazine rings is 1. The first-order chi connectivity index (χ1) is 13.3. The highest BCUT2D eigenvalue weighted by Crippen LogP contribution is 2.15. The Morgan fingerprint density at radius 1 is 1.32 bits per heavy atom. The molecule has 0 saturated carbocycles. The highest BCUT2D eigenvalue weighted by Gasteiger charge is 2.33. The van der Waals surface area contributed by atoms with Gasteiger partial charge in [-0.05, 0) is 18.1 Å². The summed E-state index contributed by atoms with van der Waals surface area (Å²) in [6.45, 7) is 4.79. The van der Waals surface area contributed by atoms with Gasteiger partial charge in [0.1, 0.15) is 6.04 Å². The van der Waals surface area contributed by atoms with Crippen molar-refractivity contribution in [3.8, 4) is 0 Å². The van der Waals surface area contributed by atoms with Gasteiger partial charge in [0.05, 0.1) is 30.8 Å². The number of para-hydroxylation sites is 1. The third-order valence-electron chi connectivity index (χ3n) is 4.19. The second kappa shape index (κ2) is 9.84. The van der Waals surface area contributed by atoms with Gasteiger partial charge in [0.25, 0.3) is 5.91 Å². The van der Waals surface area contributed by atoms with Gasteiger partial charge in [-0.3, -0.25) is 24.1 Å². The quantitative estimate of drug-likeness (QED) is 0.540. The molecule has 1 saturated heterocycles. The zero-order valence-electron chi connectivity index (χ0n) is 16.1. The average Bonchev–Trinajstić information content (AvgIpc) is 2.63. The fourth-order valence-electron chi connectivity index (χ4n) is 2.83. The number of hydrogen-bond donors (Lipinski definition) is 3. The van der Waals surface area contributed by atoms with Crippen LogP contribution in [0.2, 0.25) is 0 Å². The van der Waals surface area contributed by atoms with Crippen LogP contribution in [-0.4, -0.2) is 60.9 Å². The summed E-state index contributed by atoms with van der Waals surface area (Å²) in [5.74, 6) is -1.68. The van der Waals surface area contributed by atoms with Crippen LogP contribution < -0.4 is 16.4 Å². The first kappa shape index (κ1) is 21.4. The third-order valence-corrected chi connectivity index (χ3v) is 4.19. The Balaban J connectivity index is 2.01. The molecule has 0 radical (unpaired) electrons. The molecule has 1 atom stereocenters. The second-order valence-corrected chi connectivity index (χ2v) is 7.02. The van der Waals surface area contributed by atoms with Crippen LogP contribution in [0.1, 0.15) is 30.6 Å². The molecular formula is C19H26N4O5. The van der Waals surface area contributed by atoms with E-state index in [-0.39, 0.29) is 37.0 Å². The average molecular weight is 390 g/mol. The Bertz CT molecular complexity index is 750. The Hall–Kier alpha value is -2.94. The van der Waals surface area contributed by atoms with Gasteiger partial charge in [0.15, 0.2) is 0 Å². The molecular weight excluding hydrogens is 364 g/mol. The molecule has 152 valence electrons. The number of rotatable bonds is 8. The number of primary amides is 1. The fraction of sp³-hybridized carbons (Fsp3) is 0.474. The van der Waals surface area contributed by atoms with Crippen molar-refractivity contribution in [3.05, 3.63) is 29.8 Å². The van der Waals surface area contributed by atoms with Gasteiger partial charge in [-0.2, -0.15) is 0 Å². The van der Waals surface area contributed by atoms with Gasteiger partial charge >= 0.3 is 5.97 Å². The van der Waals surface area contributed by atoms with Crippen LogP contribution in [0.25, 0.3) is 0 Å². The molecule has 0 spiro atoms. The van der Waals surface area contributed by atoms with Crippen LogP contribution in [0, 0.1) is 5.92 Å². The second-order valence-electron chi connectivity index (χ2n) is 7.02. The molecule has 3 amide bonds. The van der Waals surface area contributed by atoms with Crippen molar-refractivity contribution in [2.45, 2.75) is 26.3 Å². The SMILES string of the molecule is CC(C)COC(=O)CC1C(=O)NCCN1CC(=O)Nc1ccccc1C(N)=O. The van der Waals surface area contributed by atoms with Crippen molar-refractivity contribution in [1.29, 1.82) is 0 Å². The summed E-state index contributed by atoms with van der Waals surface area (Å²) in [6, 6.07) is 5.61. The maximum atomic E-state index is 12.5. The molecule has 0 aromatic heterocycles. The zero-order valence-corrected chi connectivity index (χ0v) is 16.1. The molecule has 1 unspecified atom stereocenters. The minimum atomic E-state index is -0.787. The molecule has 1 aromatic rings. The molecule has 1 aliphatic rings. The van der Waals surface area contributed by atoms with Crippen LogP contribution in [0.15, 0.2) is 24.3 Å². The van der Waals surface area contributed by atoms with E-state index in [0.717, 1.165) is 0 Å². The van der Waals surface area contributed by atoms with Gasteiger partial charge < -0.3 is 21.1 Å². The van der Waals surface area contributed by atoms with Gasteiger partial charge in [-0.25, -0.2) is 0 Å². The maximum Gasteiger partial charge on any atom is 0.307 e. The van der Waals surface area contributed by atoms with Crippen molar-refractivity contribution >= 4 is 29.4 Å². The van der Waals surface area contributed by atoms with Gasteiger partial charge in [-0.1, -0.05) is 26.0 Å². The molecule has 4 N–H and O–H groups in total. The Morgan fingerprint density at radius 2 is 2.04 bits per heavy atom. The first-order valence-corrected chi connectivity index (χ1v) is 9.14. The third kappa shape index (κ3) is 6.05. The number of hydrogen-bond acceptors (Lipinski definition) is 6. The normalized spacial score (nSPS) is 17.1. The molecule has 28 heavy (non-hydrogen) atoms. The van der Waals surface area contributed by atoms with E-state index in [0.29, 0.717) is 18.8 Å². The van der Waals surface area contributed by atoms with E-state index in [2.05, 4.69) is 10.6 Å². The van der Waals surface area contributed by atoms with E-state index in [9.17, 15) is 19.2 Å². The fourth-order valence-corrected chi connectivity index (χ4v) is 2.83. The largest absolute Gasteiger partial charge is 0.465 e. The summed E-state index contributed by atoms with van der Waals surface area (Å²) in [6.07, 6.45) is -0.135. The molecule has 1 aliphatic heterocycles. The smallest absolute Gasteiger partial charge is 0.307 e. The molecule has 0 bridgehead atoms. The Morgan fingerprint density at radius 3 is 2.71 bits per heavy atom. The Labute approximate surface area is 163 Å². The van der Waals surface area contributed by atoms with Gasteiger partial charge in [0, 0.05) is 13.1 Å². The van der Waals surface area contributed by atoms with Crippen molar-refractivity contribution in [1.82, 2.24) is 10.2 Å². The zero-order chi connectivity index (χ0) is 20.7. The molecule has 2 rings (SSSR count). The molecule has 0 aliphatic carbocycles. The molecule has 1 aromatic carbocycles. The minimum Gasteiger partial charge on any atom is -0.465 e. The van der Waals surface area contributed by atoms with E-state index in [1.807, 2.05) is 13.8 Å². The van der Waals surface area contributed by atoms with Crippen molar-refractivity contribution in [3.63, 3.8) is 0 Å². The number of benzene rings is 1. The van der Waals surface area contributed by atoms with Crippen molar-refractivity contribution in [2.24, 2.45) is 11.7 Å². The number of anilines is 1. The van der Waals surface area contributed by atoms with E-state index in [1.54, 1.807) is 23.1 Å². The number of amides is 3. The lowest BCUT2D eigenvalue weighted by Crippen LogP contribution is -2.57. The summed E-state index contributed by atoms with van der Waals surface area (Å²) >= 11 is 0. The predicted molar refractivity (Wildman–Crippen MR) is 102 cm³/mol. The molecule has 1 fully saturated rings. The topological polar surface area (TPSA) is 131 Å². The number of carbonyl (C=O) groups is 4.